The van der Waals surface area contributed by atoms with Crippen LogP contribution in [0.3, 0.4) is 0 Å². The number of rotatable bonds is 3. The maximum absolute atomic E-state index is 9.38. The minimum Gasteiger partial charge on any atom is -0.399 e. The first-order valence-corrected chi connectivity index (χ1v) is 5.13. The number of aliphatic hydroxyl groups is 2. The average molecular weight is 208 g/mol. The van der Waals surface area contributed by atoms with Crippen molar-refractivity contribution >= 4 is 11.4 Å². The molecule has 15 heavy (non-hydrogen) atoms. The van der Waals surface area contributed by atoms with E-state index < -0.39 is 6.10 Å². The molecule has 0 spiro atoms. The Bertz CT molecular complexity index is 354. The first-order valence-electron chi connectivity index (χ1n) is 5.13. The Balaban J connectivity index is 2.14. The Hall–Kier alpha value is -1.26. The van der Waals surface area contributed by atoms with E-state index in [0.717, 1.165) is 24.3 Å². The van der Waals surface area contributed by atoms with Crippen molar-refractivity contribution in [2.75, 3.05) is 30.3 Å². The Morgan fingerprint density at radius 3 is 3.00 bits per heavy atom. The summed E-state index contributed by atoms with van der Waals surface area (Å²) in [4.78, 5) is 2.08. The van der Waals surface area contributed by atoms with Gasteiger partial charge in [0.2, 0.25) is 0 Å². The van der Waals surface area contributed by atoms with Crippen LogP contribution in [0.25, 0.3) is 0 Å². The molecule has 2 rings (SSSR count). The molecule has 4 N–H and O–H groups in total. The molecule has 1 atom stereocenters. The molecule has 1 aliphatic heterocycles. The fourth-order valence-corrected chi connectivity index (χ4v) is 1.99. The smallest absolute Gasteiger partial charge is 0.0945 e. The zero-order chi connectivity index (χ0) is 10.8. The Labute approximate surface area is 88.9 Å². The summed E-state index contributed by atoms with van der Waals surface area (Å²) in [5, 5.41) is 18.2. The summed E-state index contributed by atoms with van der Waals surface area (Å²) in [6.07, 6.45) is 0.284. The zero-order valence-corrected chi connectivity index (χ0v) is 8.56. The molecule has 0 amide bonds. The third-order valence-corrected chi connectivity index (χ3v) is 2.74. The van der Waals surface area contributed by atoms with E-state index in [4.69, 9.17) is 10.8 Å². The van der Waals surface area contributed by atoms with Gasteiger partial charge in [-0.15, -0.1) is 0 Å². The number of nitrogen functional groups attached to an aromatic ring is 1. The molecule has 1 aromatic rings. The maximum atomic E-state index is 9.38. The van der Waals surface area contributed by atoms with Gasteiger partial charge >= 0.3 is 0 Å². The SMILES string of the molecule is Nc1ccc2c(c1)CCN2CC(O)CO. The number of hydrogen-bond acceptors (Lipinski definition) is 4. The van der Waals surface area contributed by atoms with Crippen LogP contribution in [0.5, 0.6) is 0 Å². The molecule has 0 aromatic heterocycles. The quantitative estimate of drug-likeness (QED) is 0.611. The minimum absolute atomic E-state index is 0.194. The maximum Gasteiger partial charge on any atom is 0.0945 e. The Morgan fingerprint density at radius 1 is 1.47 bits per heavy atom. The van der Waals surface area contributed by atoms with Gasteiger partial charge in [-0.2, -0.15) is 0 Å². The monoisotopic (exact) mass is 208 g/mol. The van der Waals surface area contributed by atoms with Gasteiger partial charge in [0.1, 0.15) is 0 Å². The highest BCUT2D eigenvalue weighted by Crippen LogP contribution is 2.29. The summed E-state index contributed by atoms with van der Waals surface area (Å²) in [5.74, 6) is 0. The van der Waals surface area contributed by atoms with Gasteiger partial charge in [0.15, 0.2) is 0 Å². The zero-order valence-electron chi connectivity index (χ0n) is 8.56. The highest BCUT2D eigenvalue weighted by Gasteiger charge is 2.20. The van der Waals surface area contributed by atoms with Crippen LogP contribution in [0.15, 0.2) is 18.2 Å². The van der Waals surface area contributed by atoms with E-state index in [1.54, 1.807) is 0 Å². The van der Waals surface area contributed by atoms with Gasteiger partial charge in [-0.1, -0.05) is 0 Å². The summed E-state index contributed by atoms with van der Waals surface area (Å²) in [7, 11) is 0. The standard InChI is InChI=1S/C11H16N2O2/c12-9-1-2-11-8(5-9)3-4-13(11)6-10(15)7-14/h1-2,5,10,14-15H,3-4,6-7,12H2. The highest BCUT2D eigenvalue weighted by molar-refractivity contribution is 5.62. The van der Waals surface area contributed by atoms with Crippen LogP contribution in [0.2, 0.25) is 0 Å². The van der Waals surface area contributed by atoms with Crippen molar-refractivity contribution in [3.63, 3.8) is 0 Å². The van der Waals surface area contributed by atoms with Gasteiger partial charge in [0, 0.05) is 24.5 Å². The van der Waals surface area contributed by atoms with Crippen molar-refractivity contribution in [1.82, 2.24) is 0 Å². The Kier molecular flexibility index (Phi) is 2.79. The lowest BCUT2D eigenvalue weighted by Gasteiger charge is -2.21. The molecule has 1 aliphatic rings. The van der Waals surface area contributed by atoms with Crippen molar-refractivity contribution in [2.45, 2.75) is 12.5 Å². The number of fused-ring (bicyclic) bond motifs is 1. The summed E-state index contributed by atoms with van der Waals surface area (Å²) in [6.45, 7) is 1.17. The van der Waals surface area contributed by atoms with Crippen molar-refractivity contribution in [3.05, 3.63) is 23.8 Å². The first kappa shape index (κ1) is 10.3. The van der Waals surface area contributed by atoms with E-state index in [1.165, 1.54) is 5.56 Å². The van der Waals surface area contributed by atoms with E-state index in [-0.39, 0.29) is 6.61 Å². The molecule has 0 saturated carbocycles. The number of aliphatic hydroxyl groups excluding tert-OH is 2. The molecule has 0 saturated heterocycles. The van der Waals surface area contributed by atoms with E-state index in [2.05, 4.69) is 4.90 Å². The van der Waals surface area contributed by atoms with E-state index >= 15 is 0 Å². The van der Waals surface area contributed by atoms with E-state index in [0.29, 0.717) is 6.54 Å². The number of nitrogens with two attached hydrogens (primary N) is 1. The fourth-order valence-electron chi connectivity index (χ4n) is 1.99. The third kappa shape index (κ3) is 2.06. The molecule has 0 bridgehead atoms. The number of benzene rings is 1. The van der Waals surface area contributed by atoms with Crippen LogP contribution in [-0.2, 0) is 6.42 Å². The predicted octanol–water partition coefficient (Wildman–Crippen LogP) is -0.0155. The summed E-state index contributed by atoms with van der Waals surface area (Å²) in [6, 6.07) is 5.81. The third-order valence-electron chi connectivity index (χ3n) is 2.74. The molecule has 0 fully saturated rings. The van der Waals surface area contributed by atoms with Gasteiger partial charge in [0.25, 0.3) is 0 Å². The summed E-state index contributed by atoms with van der Waals surface area (Å²) in [5.41, 5.74) is 8.82. The second-order valence-corrected chi connectivity index (χ2v) is 3.92. The fraction of sp³-hybridized carbons (Fsp3) is 0.455. The summed E-state index contributed by atoms with van der Waals surface area (Å²) < 4.78 is 0. The number of β-amino-alcohol motifs (C(OH)–C–C–N with tert-alkyl or cyclic N) is 1. The van der Waals surface area contributed by atoms with Crippen LogP contribution < -0.4 is 10.6 Å². The van der Waals surface area contributed by atoms with Gasteiger partial charge in [0.05, 0.1) is 12.7 Å². The predicted molar refractivity (Wildman–Crippen MR) is 59.9 cm³/mol. The van der Waals surface area contributed by atoms with Crippen molar-refractivity contribution in [1.29, 1.82) is 0 Å². The van der Waals surface area contributed by atoms with Crippen molar-refractivity contribution < 1.29 is 10.2 Å². The van der Waals surface area contributed by atoms with Crippen LogP contribution >= 0.6 is 0 Å². The number of anilines is 2. The van der Waals surface area contributed by atoms with Crippen molar-refractivity contribution in [2.24, 2.45) is 0 Å². The molecular formula is C11H16N2O2. The van der Waals surface area contributed by atoms with Crippen LogP contribution in [-0.4, -0.2) is 36.0 Å². The lowest BCUT2D eigenvalue weighted by molar-refractivity contribution is 0.100. The first-order chi connectivity index (χ1) is 7.20. The molecule has 82 valence electrons. The van der Waals surface area contributed by atoms with Crippen LogP contribution in [0.1, 0.15) is 5.56 Å². The van der Waals surface area contributed by atoms with E-state index in [9.17, 15) is 5.11 Å². The molecule has 1 aromatic carbocycles. The Morgan fingerprint density at radius 2 is 2.27 bits per heavy atom. The van der Waals surface area contributed by atoms with Gasteiger partial charge in [-0.05, 0) is 30.2 Å². The largest absolute Gasteiger partial charge is 0.399 e. The van der Waals surface area contributed by atoms with Crippen LogP contribution in [0.4, 0.5) is 11.4 Å². The average Bonchev–Trinajstić information content (AvgIpc) is 2.60. The summed E-state index contributed by atoms with van der Waals surface area (Å²) >= 11 is 0. The highest BCUT2D eigenvalue weighted by atomic mass is 16.3. The van der Waals surface area contributed by atoms with Crippen molar-refractivity contribution in [3.8, 4) is 0 Å². The van der Waals surface area contributed by atoms with E-state index in [1.807, 2.05) is 18.2 Å². The number of nitrogens with zero attached hydrogens (tertiary/aromatic N) is 1. The lowest BCUT2D eigenvalue weighted by atomic mass is 10.1. The normalized spacial score (nSPS) is 16.5. The molecule has 1 unspecified atom stereocenters. The van der Waals surface area contributed by atoms with Crippen LogP contribution in [0, 0.1) is 0 Å². The second kappa shape index (κ2) is 4.08. The molecule has 1 heterocycles. The van der Waals surface area contributed by atoms with Gasteiger partial charge in [-0.3, -0.25) is 0 Å². The lowest BCUT2D eigenvalue weighted by Crippen LogP contribution is -2.32. The topological polar surface area (TPSA) is 69.7 Å². The second-order valence-electron chi connectivity index (χ2n) is 3.92. The molecule has 0 aliphatic carbocycles. The van der Waals surface area contributed by atoms with Gasteiger partial charge in [-0.25, -0.2) is 0 Å². The minimum atomic E-state index is -0.673. The molecule has 0 radical (unpaired) electrons. The molecular weight excluding hydrogens is 192 g/mol. The number of hydrogen-bond donors (Lipinski definition) is 3. The molecule has 4 heteroatoms. The van der Waals surface area contributed by atoms with Gasteiger partial charge < -0.3 is 20.8 Å². The molecule has 4 nitrogen and oxygen atoms in total.